The molecular weight excluding hydrogens is 224 g/mol. The Hall–Kier alpha value is -0.570. The van der Waals surface area contributed by atoms with Gasteiger partial charge in [-0.2, -0.15) is 0 Å². The molecule has 5 atom stereocenters. The van der Waals surface area contributed by atoms with Crippen molar-refractivity contribution in [2.45, 2.75) is 77.4 Å². The van der Waals surface area contributed by atoms with Gasteiger partial charge in [-0.15, -0.1) is 0 Å². The Morgan fingerprint density at radius 1 is 1.06 bits per heavy atom. The molecule has 0 aromatic rings. The summed E-state index contributed by atoms with van der Waals surface area (Å²) in [5.74, 6) is 1.03. The molecule has 5 unspecified atom stereocenters. The van der Waals surface area contributed by atoms with Crippen LogP contribution in [-0.4, -0.2) is 28.9 Å². The summed E-state index contributed by atoms with van der Waals surface area (Å²) < 4.78 is 0. The maximum atomic E-state index is 12.8. The van der Waals surface area contributed by atoms with Crippen LogP contribution in [-0.2, 0) is 4.79 Å². The minimum Gasteiger partial charge on any atom is -0.337 e. The van der Waals surface area contributed by atoms with Crippen molar-refractivity contribution < 1.29 is 4.79 Å². The summed E-state index contributed by atoms with van der Waals surface area (Å²) >= 11 is 0. The fourth-order valence-electron chi connectivity index (χ4n) is 3.75. The molecule has 1 aliphatic heterocycles. The van der Waals surface area contributed by atoms with E-state index >= 15 is 0 Å². The van der Waals surface area contributed by atoms with Crippen LogP contribution in [0.25, 0.3) is 0 Å². The second-order valence-electron chi connectivity index (χ2n) is 6.53. The van der Waals surface area contributed by atoms with Gasteiger partial charge < -0.3 is 10.6 Å². The van der Waals surface area contributed by atoms with E-state index in [4.69, 9.17) is 5.73 Å². The van der Waals surface area contributed by atoms with Crippen molar-refractivity contribution in [1.29, 1.82) is 0 Å². The minimum atomic E-state index is 0.164. The molecule has 1 heterocycles. The molecule has 104 valence electrons. The Balaban J connectivity index is 2.08. The average Bonchev–Trinajstić information content (AvgIpc) is 2.32. The number of nitrogens with two attached hydrogens (primary N) is 1. The van der Waals surface area contributed by atoms with Crippen LogP contribution in [0.2, 0.25) is 0 Å². The monoisotopic (exact) mass is 252 g/mol. The van der Waals surface area contributed by atoms with Crippen LogP contribution >= 0.6 is 0 Å². The molecule has 3 heteroatoms. The number of carbonyl (C=O) groups excluding carboxylic acids is 1. The fourth-order valence-corrected chi connectivity index (χ4v) is 3.75. The minimum absolute atomic E-state index is 0.164. The quantitative estimate of drug-likeness (QED) is 0.779. The van der Waals surface area contributed by atoms with E-state index in [2.05, 4.69) is 25.7 Å². The summed E-state index contributed by atoms with van der Waals surface area (Å²) in [6, 6.07) is 1.05. The van der Waals surface area contributed by atoms with Gasteiger partial charge in [0.1, 0.15) is 0 Å². The molecule has 1 saturated heterocycles. The van der Waals surface area contributed by atoms with Crippen molar-refractivity contribution >= 4 is 5.91 Å². The third kappa shape index (κ3) is 2.71. The lowest BCUT2D eigenvalue weighted by molar-refractivity contribution is -0.144. The molecule has 2 fully saturated rings. The summed E-state index contributed by atoms with van der Waals surface area (Å²) in [5.41, 5.74) is 6.05. The molecule has 0 radical (unpaired) electrons. The van der Waals surface area contributed by atoms with Gasteiger partial charge in [-0.1, -0.05) is 6.92 Å². The fraction of sp³-hybridized carbons (Fsp3) is 0.933. The number of likely N-dealkylation sites (tertiary alicyclic amines) is 1. The summed E-state index contributed by atoms with van der Waals surface area (Å²) in [7, 11) is 0. The van der Waals surface area contributed by atoms with E-state index in [1.54, 1.807) is 0 Å². The molecule has 2 N–H and O–H groups in total. The average molecular weight is 252 g/mol. The largest absolute Gasteiger partial charge is 0.337 e. The summed E-state index contributed by atoms with van der Waals surface area (Å²) in [5, 5.41) is 0. The van der Waals surface area contributed by atoms with Crippen LogP contribution in [0.3, 0.4) is 0 Å². The van der Waals surface area contributed by atoms with Crippen LogP contribution < -0.4 is 5.73 Å². The smallest absolute Gasteiger partial charge is 0.226 e. The summed E-state index contributed by atoms with van der Waals surface area (Å²) in [6.45, 7) is 6.61. The van der Waals surface area contributed by atoms with Crippen molar-refractivity contribution in [3.8, 4) is 0 Å². The molecule has 1 aliphatic carbocycles. The molecule has 18 heavy (non-hydrogen) atoms. The van der Waals surface area contributed by atoms with Gasteiger partial charge >= 0.3 is 0 Å². The lowest BCUT2D eigenvalue weighted by Crippen LogP contribution is -2.52. The number of hydrogen-bond acceptors (Lipinski definition) is 2. The van der Waals surface area contributed by atoms with Gasteiger partial charge in [0.25, 0.3) is 0 Å². The van der Waals surface area contributed by atoms with E-state index in [1.807, 2.05) is 0 Å². The number of nitrogens with zero attached hydrogens (tertiary/aromatic N) is 1. The zero-order valence-corrected chi connectivity index (χ0v) is 12.1. The third-order valence-corrected chi connectivity index (χ3v) is 5.00. The zero-order chi connectivity index (χ0) is 13.3. The van der Waals surface area contributed by atoms with Crippen molar-refractivity contribution in [2.75, 3.05) is 0 Å². The van der Waals surface area contributed by atoms with Crippen LogP contribution in [0, 0.1) is 11.8 Å². The standard InChI is InChI=1S/C15H28N2O/c1-10-7-8-13(16)9-14(10)15(18)17-11(2)5-4-6-12(17)3/h10-14H,4-9,16H2,1-3H3. The second-order valence-corrected chi connectivity index (χ2v) is 6.53. The maximum absolute atomic E-state index is 12.8. The first-order chi connectivity index (χ1) is 8.50. The highest BCUT2D eigenvalue weighted by Crippen LogP contribution is 2.33. The zero-order valence-electron chi connectivity index (χ0n) is 12.1. The van der Waals surface area contributed by atoms with Gasteiger partial charge in [0.15, 0.2) is 0 Å². The van der Waals surface area contributed by atoms with Gasteiger partial charge in [0, 0.05) is 24.0 Å². The SMILES string of the molecule is CC1CCC(N)CC1C(=O)N1C(C)CCCC1C. The Labute approximate surface area is 111 Å². The number of amides is 1. The van der Waals surface area contributed by atoms with Crippen LogP contribution in [0.4, 0.5) is 0 Å². The molecule has 1 saturated carbocycles. The second kappa shape index (κ2) is 5.60. The van der Waals surface area contributed by atoms with Gasteiger partial charge in [-0.3, -0.25) is 4.79 Å². The molecule has 2 aliphatic rings. The van der Waals surface area contributed by atoms with Crippen molar-refractivity contribution in [2.24, 2.45) is 17.6 Å². The van der Waals surface area contributed by atoms with Crippen molar-refractivity contribution in [1.82, 2.24) is 4.90 Å². The van der Waals surface area contributed by atoms with E-state index in [1.165, 1.54) is 6.42 Å². The molecule has 1 amide bonds. The number of piperidine rings is 1. The van der Waals surface area contributed by atoms with E-state index < -0.39 is 0 Å². The predicted molar refractivity (Wildman–Crippen MR) is 74.1 cm³/mol. The van der Waals surface area contributed by atoms with Crippen LogP contribution in [0.15, 0.2) is 0 Å². The number of rotatable bonds is 1. The Morgan fingerprint density at radius 2 is 1.67 bits per heavy atom. The molecule has 2 rings (SSSR count). The van der Waals surface area contributed by atoms with Gasteiger partial charge in [-0.25, -0.2) is 0 Å². The van der Waals surface area contributed by atoms with Crippen LogP contribution in [0.1, 0.15) is 59.3 Å². The first-order valence-corrected chi connectivity index (χ1v) is 7.58. The number of hydrogen-bond donors (Lipinski definition) is 1. The summed E-state index contributed by atoms with van der Waals surface area (Å²) in [6.07, 6.45) is 6.64. The lowest BCUT2D eigenvalue weighted by atomic mass is 9.76. The Bertz CT molecular complexity index is 295. The molecule has 3 nitrogen and oxygen atoms in total. The lowest BCUT2D eigenvalue weighted by Gasteiger charge is -2.43. The summed E-state index contributed by atoms with van der Waals surface area (Å²) in [4.78, 5) is 15.0. The van der Waals surface area contributed by atoms with Crippen molar-refractivity contribution in [3.63, 3.8) is 0 Å². The van der Waals surface area contributed by atoms with E-state index in [0.717, 1.165) is 32.1 Å². The van der Waals surface area contributed by atoms with E-state index in [9.17, 15) is 4.79 Å². The molecule has 0 bridgehead atoms. The normalized spacial score (nSPS) is 41.8. The van der Waals surface area contributed by atoms with Gasteiger partial charge in [0.2, 0.25) is 5.91 Å². The first-order valence-electron chi connectivity index (χ1n) is 7.58. The first kappa shape index (κ1) is 13.9. The molecular formula is C15H28N2O. The van der Waals surface area contributed by atoms with Gasteiger partial charge in [0.05, 0.1) is 0 Å². The third-order valence-electron chi connectivity index (χ3n) is 5.00. The highest BCUT2D eigenvalue weighted by Gasteiger charge is 2.38. The topological polar surface area (TPSA) is 46.3 Å². The molecule has 0 spiro atoms. The van der Waals surface area contributed by atoms with E-state index in [0.29, 0.717) is 23.9 Å². The Morgan fingerprint density at radius 3 is 2.28 bits per heavy atom. The highest BCUT2D eigenvalue weighted by molar-refractivity contribution is 5.80. The van der Waals surface area contributed by atoms with Gasteiger partial charge in [-0.05, 0) is 58.3 Å². The van der Waals surface area contributed by atoms with Crippen LogP contribution in [0.5, 0.6) is 0 Å². The number of carbonyl (C=O) groups is 1. The molecule has 0 aromatic heterocycles. The maximum Gasteiger partial charge on any atom is 0.226 e. The Kier molecular flexibility index (Phi) is 4.31. The predicted octanol–water partition coefficient (Wildman–Crippen LogP) is 2.54. The van der Waals surface area contributed by atoms with Crippen molar-refractivity contribution in [3.05, 3.63) is 0 Å². The highest BCUT2D eigenvalue weighted by atomic mass is 16.2. The molecule has 0 aromatic carbocycles. The van der Waals surface area contributed by atoms with E-state index in [-0.39, 0.29) is 12.0 Å².